The van der Waals surface area contributed by atoms with Crippen molar-refractivity contribution < 1.29 is 13.2 Å². The summed E-state index contributed by atoms with van der Waals surface area (Å²) in [6, 6.07) is 1.31. The molecule has 1 saturated heterocycles. The van der Waals surface area contributed by atoms with Gasteiger partial charge in [-0.15, -0.1) is 11.3 Å². The van der Waals surface area contributed by atoms with Crippen LogP contribution in [0.15, 0.2) is 15.7 Å². The van der Waals surface area contributed by atoms with Crippen LogP contribution in [0.4, 0.5) is 0 Å². The average molecular weight is 303 g/mol. The molecule has 0 saturated carbocycles. The van der Waals surface area contributed by atoms with Gasteiger partial charge in [0.1, 0.15) is 4.21 Å². The number of carbonyl (C=O) groups excluding carboxylic acids is 1. The summed E-state index contributed by atoms with van der Waals surface area (Å²) in [6.07, 6.45) is 2.22. The van der Waals surface area contributed by atoms with Crippen LogP contribution >= 0.6 is 11.3 Å². The number of nitrogens with two attached hydrogens (primary N) is 1. The topological polar surface area (TPSA) is 101 Å². The minimum atomic E-state index is -3.72. The Hall–Kier alpha value is -0.960. The van der Waals surface area contributed by atoms with Gasteiger partial charge in [-0.1, -0.05) is 0 Å². The summed E-state index contributed by atoms with van der Waals surface area (Å²) < 4.78 is 22.3. The molecular weight excluding hydrogens is 286 g/mol. The number of hydrogen-bond acceptors (Lipinski definition) is 5. The fraction of sp³-hybridized carbons (Fsp3) is 0.545. The van der Waals surface area contributed by atoms with E-state index in [4.69, 9.17) is 5.14 Å². The lowest BCUT2D eigenvalue weighted by Crippen LogP contribution is -2.38. The Kier molecular flexibility index (Phi) is 4.56. The van der Waals surface area contributed by atoms with Crippen molar-refractivity contribution in [3.8, 4) is 0 Å². The Morgan fingerprint density at radius 1 is 1.58 bits per heavy atom. The SMILES string of the molecule is NS(=O)(=O)c1cc(C(=O)NCC2CCCNC2)cs1. The third kappa shape index (κ3) is 4.00. The minimum Gasteiger partial charge on any atom is -0.352 e. The summed E-state index contributed by atoms with van der Waals surface area (Å²) in [5.74, 6) is 0.186. The largest absolute Gasteiger partial charge is 0.352 e. The first-order valence-corrected chi connectivity index (χ1v) is 8.49. The fourth-order valence-corrected chi connectivity index (χ4v) is 3.61. The Balaban J connectivity index is 1.91. The van der Waals surface area contributed by atoms with E-state index in [0.717, 1.165) is 37.3 Å². The maximum absolute atomic E-state index is 11.9. The van der Waals surface area contributed by atoms with E-state index in [1.165, 1.54) is 11.4 Å². The molecule has 8 heteroatoms. The first kappa shape index (κ1) is 14.4. The number of carbonyl (C=O) groups is 1. The van der Waals surface area contributed by atoms with E-state index in [0.29, 0.717) is 18.0 Å². The van der Waals surface area contributed by atoms with E-state index in [-0.39, 0.29) is 10.1 Å². The summed E-state index contributed by atoms with van der Waals surface area (Å²) in [5.41, 5.74) is 0.345. The predicted octanol–water partition coefficient (Wildman–Crippen LogP) is 0.125. The second-order valence-corrected chi connectivity index (χ2v) is 7.32. The van der Waals surface area contributed by atoms with E-state index >= 15 is 0 Å². The zero-order valence-corrected chi connectivity index (χ0v) is 12.0. The first-order valence-electron chi connectivity index (χ1n) is 6.07. The van der Waals surface area contributed by atoms with Crippen LogP contribution in [0.1, 0.15) is 23.2 Å². The summed E-state index contributed by atoms with van der Waals surface area (Å²) in [4.78, 5) is 11.9. The number of hydrogen-bond donors (Lipinski definition) is 3. The number of nitrogens with one attached hydrogen (secondary N) is 2. The molecule has 1 aliphatic rings. The standard InChI is InChI=1S/C11H17N3O3S2/c12-19(16,17)10-4-9(7-18-10)11(15)14-6-8-2-1-3-13-5-8/h4,7-8,13H,1-3,5-6H2,(H,14,15)(H2,12,16,17). The summed E-state index contributed by atoms with van der Waals surface area (Å²) in [5, 5.41) is 12.6. The zero-order valence-electron chi connectivity index (χ0n) is 10.4. The molecule has 1 atom stereocenters. The summed E-state index contributed by atoms with van der Waals surface area (Å²) >= 11 is 0.960. The van der Waals surface area contributed by atoms with Crippen LogP contribution < -0.4 is 15.8 Å². The molecule has 0 radical (unpaired) electrons. The molecule has 4 N–H and O–H groups in total. The van der Waals surface area contributed by atoms with E-state index < -0.39 is 10.0 Å². The van der Waals surface area contributed by atoms with Crippen LogP contribution in [0, 0.1) is 5.92 Å². The van der Waals surface area contributed by atoms with Crippen molar-refractivity contribution in [1.82, 2.24) is 10.6 Å². The van der Waals surface area contributed by atoms with Crippen LogP contribution in [0.25, 0.3) is 0 Å². The smallest absolute Gasteiger partial charge is 0.252 e. The highest BCUT2D eigenvalue weighted by molar-refractivity contribution is 7.91. The molecule has 1 unspecified atom stereocenters. The van der Waals surface area contributed by atoms with E-state index in [9.17, 15) is 13.2 Å². The highest BCUT2D eigenvalue weighted by atomic mass is 32.2. The van der Waals surface area contributed by atoms with Crippen LogP contribution in [-0.2, 0) is 10.0 Å². The highest BCUT2D eigenvalue weighted by Crippen LogP contribution is 2.18. The summed E-state index contributed by atoms with van der Waals surface area (Å²) in [6.45, 7) is 2.55. The van der Waals surface area contributed by atoms with Crippen molar-refractivity contribution >= 4 is 27.3 Å². The van der Waals surface area contributed by atoms with Crippen molar-refractivity contribution in [1.29, 1.82) is 0 Å². The second-order valence-electron chi connectivity index (χ2n) is 4.62. The number of thiophene rings is 1. The number of primary sulfonamides is 1. The van der Waals surface area contributed by atoms with Gasteiger partial charge in [-0.25, -0.2) is 13.6 Å². The number of amides is 1. The molecule has 0 aromatic carbocycles. The molecule has 1 aromatic rings. The van der Waals surface area contributed by atoms with E-state index in [1.54, 1.807) is 0 Å². The Bertz CT molecular complexity index is 547. The number of piperidine rings is 1. The van der Waals surface area contributed by atoms with E-state index in [2.05, 4.69) is 10.6 Å². The third-order valence-corrected chi connectivity index (χ3v) is 5.45. The molecule has 6 nitrogen and oxygen atoms in total. The van der Waals surface area contributed by atoms with Crippen LogP contribution in [0.3, 0.4) is 0 Å². The zero-order chi connectivity index (χ0) is 13.9. The quantitative estimate of drug-likeness (QED) is 0.735. The van der Waals surface area contributed by atoms with Crippen molar-refractivity contribution in [2.24, 2.45) is 11.1 Å². The Morgan fingerprint density at radius 3 is 2.95 bits per heavy atom. The monoisotopic (exact) mass is 303 g/mol. The van der Waals surface area contributed by atoms with E-state index in [1.807, 2.05) is 0 Å². The molecule has 2 rings (SSSR count). The van der Waals surface area contributed by atoms with Gasteiger partial charge in [-0.2, -0.15) is 0 Å². The molecule has 1 aromatic heterocycles. The second kappa shape index (κ2) is 6.00. The third-order valence-electron chi connectivity index (χ3n) is 3.07. The van der Waals surface area contributed by atoms with Crippen molar-refractivity contribution in [2.75, 3.05) is 19.6 Å². The van der Waals surface area contributed by atoms with Gasteiger partial charge in [0.05, 0.1) is 5.56 Å². The molecule has 1 aliphatic heterocycles. The van der Waals surface area contributed by atoms with Gasteiger partial charge in [-0.3, -0.25) is 4.79 Å². The Morgan fingerprint density at radius 2 is 2.37 bits per heavy atom. The van der Waals surface area contributed by atoms with Gasteiger partial charge in [-0.05, 0) is 37.9 Å². The van der Waals surface area contributed by atoms with Crippen molar-refractivity contribution in [3.63, 3.8) is 0 Å². The molecule has 2 heterocycles. The van der Waals surface area contributed by atoms with Crippen LogP contribution in [0.2, 0.25) is 0 Å². The molecule has 0 spiro atoms. The molecule has 1 amide bonds. The van der Waals surface area contributed by atoms with Gasteiger partial charge in [0.15, 0.2) is 0 Å². The molecule has 19 heavy (non-hydrogen) atoms. The highest BCUT2D eigenvalue weighted by Gasteiger charge is 2.17. The van der Waals surface area contributed by atoms with Crippen molar-refractivity contribution in [3.05, 3.63) is 17.0 Å². The maximum atomic E-state index is 11.9. The van der Waals surface area contributed by atoms with Crippen LogP contribution in [0.5, 0.6) is 0 Å². The lowest BCUT2D eigenvalue weighted by atomic mass is 10.00. The maximum Gasteiger partial charge on any atom is 0.252 e. The lowest BCUT2D eigenvalue weighted by molar-refractivity contribution is 0.0945. The van der Waals surface area contributed by atoms with Gasteiger partial charge in [0, 0.05) is 11.9 Å². The van der Waals surface area contributed by atoms with Gasteiger partial charge in [0.2, 0.25) is 10.0 Å². The normalized spacial score (nSPS) is 20.2. The molecule has 1 fully saturated rings. The molecular formula is C11H17N3O3S2. The Labute approximate surface area is 116 Å². The number of sulfonamides is 1. The molecule has 0 aliphatic carbocycles. The first-order chi connectivity index (χ1) is 8.97. The fourth-order valence-electron chi connectivity index (χ4n) is 2.02. The minimum absolute atomic E-state index is 0.0111. The number of rotatable bonds is 4. The lowest BCUT2D eigenvalue weighted by Gasteiger charge is -2.22. The molecule has 106 valence electrons. The van der Waals surface area contributed by atoms with Gasteiger partial charge < -0.3 is 10.6 Å². The summed E-state index contributed by atoms with van der Waals surface area (Å²) in [7, 11) is -3.72. The molecule has 0 bridgehead atoms. The van der Waals surface area contributed by atoms with Gasteiger partial charge >= 0.3 is 0 Å². The van der Waals surface area contributed by atoms with Crippen molar-refractivity contribution in [2.45, 2.75) is 17.1 Å². The predicted molar refractivity (Wildman–Crippen MR) is 73.6 cm³/mol. The van der Waals surface area contributed by atoms with Gasteiger partial charge in [0.25, 0.3) is 5.91 Å². The average Bonchev–Trinajstić information content (AvgIpc) is 2.87. The van der Waals surface area contributed by atoms with Crippen LogP contribution in [-0.4, -0.2) is 34.0 Å².